The molecule has 0 spiro atoms. The van der Waals surface area contributed by atoms with Crippen molar-refractivity contribution in [3.63, 3.8) is 0 Å². The van der Waals surface area contributed by atoms with Crippen LogP contribution in [0.4, 0.5) is 4.79 Å². The highest BCUT2D eigenvalue weighted by molar-refractivity contribution is 7.94. The lowest BCUT2D eigenvalue weighted by atomic mass is 10.2. The summed E-state index contributed by atoms with van der Waals surface area (Å²) in [7, 11) is -2.53. The fourth-order valence-corrected chi connectivity index (χ4v) is 2.42. The molecule has 0 saturated carbocycles. The maximum atomic E-state index is 12.1. The molecule has 0 heterocycles. The molecule has 0 atom stereocenters. The minimum atomic E-state index is -4.03. The van der Waals surface area contributed by atoms with E-state index < -0.39 is 28.6 Å². The number of hydrogen-bond donors (Lipinski definition) is 2. The average Bonchev–Trinajstić information content (AvgIpc) is 2.53. The number of allylic oxidation sites excluding steroid dienone is 1. The van der Waals surface area contributed by atoms with E-state index in [2.05, 4.69) is 10.1 Å². The van der Waals surface area contributed by atoms with Crippen molar-refractivity contribution in [3.05, 3.63) is 34.7 Å². The highest BCUT2D eigenvalue weighted by Crippen LogP contribution is 2.16. The Morgan fingerprint density at radius 1 is 1.29 bits per heavy atom. The maximum Gasteiger partial charge on any atom is 0.329 e. The van der Waals surface area contributed by atoms with E-state index in [1.807, 2.05) is 4.72 Å². The second-order valence-electron chi connectivity index (χ2n) is 4.62. The van der Waals surface area contributed by atoms with Crippen molar-refractivity contribution >= 4 is 28.1 Å². The first kappa shape index (κ1) is 19.5. The lowest BCUT2D eigenvalue weighted by molar-refractivity contribution is -0.141. The quantitative estimate of drug-likeness (QED) is 0.711. The van der Waals surface area contributed by atoms with Crippen LogP contribution >= 0.6 is 0 Å². The van der Waals surface area contributed by atoms with Crippen LogP contribution in [0.1, 0.15) is 19.4 Å². The summed E-state index contributed by atoms with van der Waals surface area (Å²) in [6.45, 7) is 2.71. The predicted octanol–water partition coefficient (Wildman–Crippen LogP) is 1.25. The molecule has 2 N–H and O–H groups in total. The number of benzene rings is 1. The Labute approximate surface area is 140 Å². The van der Waals surface area contributed by atoms with Crippen LogP contribution in [0.5, 0.6) is 5.75 Å². The van der Waals surface area contributed by atoms with E-state index in [4.69, 9.17) is 4.74 Å². The van der Waals surface area contributed by atoms with Crippen LogP contribution in [0.2, 0.25) is 0 Å². The normalized spacial score (nSPS) is 11.5. The molecule has 2 amide bonds. The van der Waals surface area contributed by atoms with Crippen LogP contribution < -0.4 is 14.8 Å². The highest BCUT2D eigenvalue weighted by Gasteiger charge is 2.17. The van der Waals surface area contributed by atoms with Crippen molar-refractivity contribution in [2.45, 2.75) is 13.8 Å². The van der Waals surface area contributed by atoms with Crippen LogP contribution in [0.15, 0.2) is 29.2 Å². The summed E-state index contributed by atoms with van der Waals surface area (Å²) < 4.78 is 35.7. The molecule has 0 fully saturated rings. The number of carbonyl (C=O) groups is 2. The summed E-state index contributed by atoms with van der Waals surface area (Å²) in [5.74, 6) is -0.0808. The number of methoxy groups -OCH3 is 1. The Hall–Kier alpha value is -2.55. The zero-order chi connectivity index (χ0) is 18.2. The van der Waals surface area contributed by atoms with E-state index in [0.717, 1.165) is 0 Å². The minimum Gasteiger partial charge on any atom is -0.497 e. The average molecular weight is 356 g/mol. The molecule has 8 nitrogen and oxygen atoms in total. The standard InChI is InChI=1S/C15H20N2O6S/c1-4-23-14(18)10-16-15(19)17-24(20,21)11(2)8-12-6-5-7-13(9-12)22-3/h5-9H,4,10H2,1-3H3,(H2,16,17,19)/b11-8+. The van der Waals surface area contributed by atoms with Gasteiger partial charge in [-0.15, -0.1) is 0 Å². The van der Waals surface area contributed by atoms with Gasteiger partial charge in [-0.25, -0.2) is 17.9 Å². The molecule has 1 aromatic rings. The number of ether oxygens (including phenoxy) is 2. The zero-order valence-electron chi connectivity index (χ0n) is 13.7. The van der Waals surface area contributed by atoms with Crippen LogP contribution in [-0.2, 0) is 19.6 Å². The largest absolute Gasteiger partial charge is 0.497 e. The van der Waals surface area contributed by atoms with E-state index in [1.54, 1.807) is 31.2 Å². The first-order valence-corrected chi connectivity index (χ1v) is 8.55. The lowest BCUT2D eigenvalue weighted by Gasteiger charge is -2.09. The van der Waals surface area contributed by atoms with Crippen molar-refractivity contribution in [1.29, 1.82) is 0 Å². The molecule has 0 bridgehead atoms. The van der Waals surface area contributed by atoms with Crippen molar-refractivity contribution in [2.24, 2.45) is 0 Å². The summed E-state index contributed by atoms with van der Waals surface area (Å²) >= 11 is 0. The second-order valence-corrected chi connectivity index (χ2v) is 6.48. The Kier molecular flexibility index (Phi) is 7.25. The molecule has 0 saturated heterocycles. The molecule has 0 aliphatic heterocycles. The molecule has 0 aromatic heterocycles. The van der Waals surface area contributed by atoms with Gasteiger partial charge in [-0.1, -0.05) is 12.1 Å². The minimum absolute atomic E-state index is 0.0676. The smallest absolute Gasteiger partial charge is 0.329 e. The molecular weight excluding hydrogens is 336 g/mol. The third-order valence-corrected chi connectivity index (χ3v) is 4.23. The SMILES string of the molecule is CCOC(=O)CNC(=O)NS(=O)(=O)/C(C)=C/c1cccc(OC)c1. The molecule has 1 aromatic carbocycles. The van der Waals surface area contributed by atoms with Gasteiger partial charge < -0.3 is 14.8 Å². The third-order valence-electron chi connectivity index (χ3n) is 2.81. The first-order chi connectivity index (χ1) is 11.3. The van der Waals surface area contributed by atoms with Crippen molar-refractivity contribution in [1.82, 2.24) is 10.0 Å². The number of esters is 1. The van der Waals surface area contributed by atoms with E-state index in [-0.39, 0.29) is 11.5 Å². The van der Waals surface area contributed by atoms with Crippen molar-refractivity contribution in [3.8, 4) is 5.75 Å². The molecule has 132 valence electrons. The van der Waals surface area contributed by atoms with Crippen molar-refractivity contribution < 1.29 is 27.5 Å². The molecule has 24 heavy (non-hydrogen) atoms. The Morgan fingerprint density at radius 2 is 2.00 bits per heavy atom. The number of rotatable bonds is 7. The van der Waals surface area contributed by atoms with Gasteiger partial charge in [0.1, 0.15) is 12.3 Å². The Bertz CT molecular complexity index is 727. The third kappa shape index (κ3) is 6.29. The fraction of sp³-hybridized carbons (Fsp3) is 0.333. The zero-order valence-corrected chi connectivity index (χ0v) is 14.5. The number of amides is 2. The number of hydrogen-bond acceptors (Lipinski definition) is 6. The highest BCUT2D eigenvalue weighted by atomic mass is 32.2. The van der Waals surface area contributed by atoms with Gasteiger partial charge in [-0.3, -0.25) is 4.79 Å². The van der Waals surface area contributed by atoms with Gasteiger partial charge in [0.15, 0.2) is 0 Å². The van der Waals surface area contributed by atoms with E-state index >= 15 is 0 Å². The van der Waals surface area contributed by atoms with Crippen LogP contribution in [0.25, 0.3) is 6.08 Å². The summed E-state index contributed by atoms with van der Waals surface area (Å²) in [4.78, 5) is 22.6. The van der Waals surface area contributed by atoms with Crippen molar-refractivity contribution in [2.75, 3.05) is 20.3 Å². The fourth-order valence-electron chi connectivity index (χ4n) is 1.65. The van der Waals surface area contributed by atoms with Gasteiger partial charge in [-0.2, -0.15) is 0 Å². The molecule has 9 heteroatoms. The topological polar surface area (TPSA) is 111 Å². The van der Waals surface area contributed by atoms with Gasteiger partial charge in [0, 0.05) is 0 Å². The predicted molar refractivity (Wildman–Crippen MR) is 88.7 cm³/mol. The van der Waals surface area contributed by atoms with E-state index in [1.165, 1.54) is 20.1 Å². The number of nitrogens with one attached hydrogen (secondary N) is 2. The Morgan fingerprint density at radius 3 is 2.62 bits per heavy atom. The maximum absolute atomic E-state index is 12.1. The molecule has 0 unspecified atom stereocenters. The summed E-state index contributed by atoms with van der Waals surface area (Å²) in [5.41, 5.74) is 0.601. The van der Waals surface area contributed by atoms with Crippen LogP contribution in [0, 0.1) is 0 Å². The molecule has 1 rings (SSSR count). The lowest BCUT2D eigenvalue weighted by Crippen LogP contribution is -2.42. The van der Waals surface area contributed by atoms with Gasteiger partial charge in [0.2, 0.25) is 0 Å². The number of sulfonamides is 1. The molecule has 0 aliphatic carbocycles. The van der Waals surface area contributed by atoms with Gasteiger partial charge in [0.05, 0.1) is 18.6 Å². The van der Waals surface area contributed by atoms with E-state index in [0.29, 0.717) is 11.3 Å². The summed E-state index contributed by atoms with van der Waals surface area (Å²) in [6.07, 6.45) is 1.39. The molecular formula is C15H20N2O6S. The molecule has 0 radical (unpaired) electrons. The first-order valence-electron chi connectivity index (χ1n) is 7.07. The summed E-state index contributed by atoms with van der Waals surface area (Å²) in [5, 5.41) is 2.11. The Balaban J connectivity index is 2.74. The summed E-state index contributed by atoms with van der Waals surface area (Å²) in [6, 6.07) is 5.77. The van der Waals surface area contributed by atoms with Gasteiger partial charge in [-0.05, 0) is 37.6 Å². The van der Waals surface area contributed by atoms with Crippen LogP contribution in [0.3, 0.4) is 0 Å². The number of carbonyl (C=O) groups excluding carboxylic acids is 2. The van der Waals surface area contributed by atoms with E-state index in [9.17, 15) is 18.0 Å². The number of urea groups is 1. The van der Waals surface area contributed by atoms with Crippen LogP contribution in [-0.4, -0.2) is 40.7 Å². The van der Waals surface area contributed by atoms with Gasteiger partial charge >= 0.3 is 12.0 Å². The van der Waals surface area contributed by atoms with Gasteiger partial charge in [0.25, 0.3) is 10.0 Å². The molecule has 0 aliphatic rings. The second kappa shape index (κ2) is 8.92. The monoisotopic (exact) mass is 356 g/mol.